The van der Waals surface area contributed by atoms with Gasteiger partial charge in [0.25, 0.3) is 11.8 Å². The smallest absolute Gasteiger partial charge is 0.262 e. The zero-order chi connectivity index (χ0) is 17.1. The van der Waals surface area contributed by atoms with Gasteiger partial charge in [0.15, 0.2) is 6.61 Å². The predicted octanol–water partition coefficient (Wildman–Crippen LogP) is 3.10. The normalized spacial score (nSPS) is 10.4. The number of carbonyl (C=O) groups excluding carboxylic acids is 2. The van der Waals surface area contributed by atoms with Crippen molar-refractivity contribution in [2.45, 2.75) is 27.7 Å². The lowest BCUT2D eigenvalue weighted by Crippen LogP contribution is -2.22. The van der Waals surface area contributed by atoms with Crippen LogP contribution in [0, 0.1) is 27.7 Å². The summed E-state index contributed by atoms with van der Waals surface area (Å²) in [5, 5.41) is 3.19. The number of thiophene rings is 1. The molecule has 0 aliphatic carbocycles. The van der Waals surface area contributed by atoms with Gasteiger partial charge in [-0.25, -0.2) is 0 Å². The first-order valence-electron chi connectivity index (χ1n) is 7.19. The van der Waals surface area contributed by atoms with Crippen LogP contribution < -0.4 is 15.8 Å². The minimum atomic E-state index is -0.544. The van der Waals surface area contributed by atoms with Crippen molar-refractivity contribution in [3.8, 4) is 5.75 Å². The number of rotatable bonds is 5. The second-order valence-corrected chi connectivity index (χ2v) is 6.68. The molecule has 0 saturated carbocycles. The highest BCUT2D eigenvalue weighted by atomic mass is 32.1. The molecular weight excluding hydrogens is 312 g/mol. The van der Waals surface area contributed by atoms with Crippen molar-refractivity contribution in [2.75, 3.05) is 11.9 Å². The van der Waals surface area contributed by atoms with E-state index in [1.165, 1.54) is 11.3 Å². The molecule has 2 amide bonds. The highest BCUT2D eigenvalue weighted by molar-refractivity contribution is 7.16. The summed E-state index contributed by atoms with van der Waals surface area (Å²) in [6, 6.07) is 5.81. The van der Waals surface area contributed by atoms with Gasteiger partial charge in [-0.1, -0.05) is 12.1 Å². The van der Waals surface area contributed by atoms with Crippen LogP contribution in [0.4, 0.5) is 5.00 Å². The quantitative estimate of drug-likeness (QED) is 0.883. The van der Waals surface area contributed by atoms with Gasteiger partial charge in [-0.05, 0) is 50.5 Å². The Morgan fingerprint density at radius 1 is 1.22 bits per heavy atom. The second-order valence-electron chi connectivity index (χ2n) is 5.46. The maximum Gasteiger partial charge on any atom is 0.262 e. The largest absolute Gasteiger partial charge is 0.483 e. The van der Waals surface area contributed by atoms with Crippen molar-refractivity contribution >= 4 is 28.2 Å². The van der Waals surface area contributed by atoms with Gasteiger partial charge in [0.2, 0.25) is 0 Å². The summed E-state index contributed by atoms with van der Waals surface area (Å²) in [5.41, 5.74) is 8.58. The average molecular weight is 332 g/mol. The Bertz CT molecular complexity index is 765. The van der Waals surface area contributed by atoms with Crippen LogP contribution in [0.2, 0.25) is 0 Å². The molecule has 5 nitrogen and oxygen atoms in total. The first-order valence-corrected chi connectivity index (χ1v) is 8.01. The van der Waals surface area contributed by atoms with E-state index in [0.717, 1.165) is 21.6 Å². The monoisotopic (exact) mass is 332 g/mol. The first kappa shape index (κ1) is 17.0. The predicted molar refractivity (Wildman–Crippen MR) is 92.4 cm³/mol. The Morgan fingerprint density at radius 3 is 2.57 bits per heavy atom. The zero-order valence-electron chi connectivity index (χ0n) is 13.6. The van der Waals surface area contributed by atoms with Gasteiger partial charge in [0.05, 0.1) is 5.56 Å². The Morgan fingerprint density at radius 2 is 1.91 bits per heavy atom. The van der Waals surface area contributed by atoms with Crippen molar-refractivity contribution in [3.05, 3.63) is 45.3 Å². The van der Waals surface area contributed by atoms with Crippen molar-refractivity contribution < 1.29 is 14.3 Å². The van der Waals surface area contributed by atoms with Crippen LogP contribution in [0.15, 0.2) is 18.2 Å². The summed E-state index contributed by atoms with van der Waals surface area (Å²) < 4.78 is 5.57. The Balaban J connectivity index is 2.07. The molecule has 6 heteroatoms. The zero-order valence-corrected chi connectivity index (χ0v) is 14.5. The summed E-state index contributed by atoms with van der Waals surface area (Å²) >= 11 is 1.34. The molecule has 3 N–H and O–H groups in total. The molecule has 1 aromatic carbocycles. The molecule has 0 radical (unpaired) electrons. The first-order chi connectivity index (χ1) is 10.8. The van der Waals surface area contributed by atoms with Crippen LogP contribution in [-0.2, 0) is 4.79 Å². The van der Waals surface area contributed by atoms with Crippen molar-refractivity contribution in [1.82, 2.24) is 0 Å². The Kier molecular flexibility index (Phi) is 5.05. The van der Waals surface area contributed by atoms with Crippen molar-refractivity contribution in [2.24, 2.45) is 5.73 Å². The summed E-state index contributed by atoms with van der Waals surface area (Å²) in [4.78, 5) is 24.6. The van der Waals surface area contributed by atoms with Gasteiger partial charge in [0.1, 0.15) is 10.8 Å². The summed E-state index contributed by atoms with van der Waals surface area (Å²) in [5.74, 6) is -0.193. The standard InChI is InChI=1S/C17H20N2O3S/c1-9-5-6-10(2)13(7-9)22-8-14(20)19-17-15(16(18)21)11(3)12(4)23-17/h5-7H,8H2,1-4H3,(H2,18,21)(H,19,20). The molecule has 0 spiro atoms. The summed E-state index contributed by atoms with van der Waals surface area (Å²) in [6.07, 6.45) is 0. The van der Waals surface area contributed by atoms with Crippen LogP contribution in [0.25, 0.3) is 0 Å². The number of anilines is 1. The third kappa shape index (κ3) is 3.90. The number of hydrogen-bond donors (Lipinski definition) is 2. The molecule has 0 bridgehead atoms. The van der Waals surface area contributed by atoms with Gasteiger partial charge in [-0.3, -0.25) is 9.59 Å². The lowest BCUT2D eigenvalue weighted by Gasteiger charge is -2.10. The third-order valence-electron chi connectivity index (χ3n) is 3.59. The summed E-state index contributed by atoms with van der Waals surface area (Å²) in [6.45, 7) is 7.45. The number of hydrogen-bond acceptors (Lipinski definition) is 4. The average Bonchev–Trinajstić information content (AvgIpc) is 2.74. The Hall–Kier alpha value is -2.34. The number of amides is 2. The molecule has 0 aliphatic rings. The van der Waals surface area contributed by atoms with E-state index in [-0.39, 0.29) is 12.5 Å². The minimum absolute atomic E-state index is 0.126. The summed E-state index contributed by atoms with van der Waals surface area (Å²) in [7, 11) is 0. The molecule has 23 heavy (non-hydrogen) atoms. The highest BCUT2D eigenvalue weighted by Crippen LogP contribution is 2.32. The number of primary amides is 1. The molecule has 0 atom stereocenters. The lowest BCUT2D eigenvalue weighted by molar-refractivity contribution is -0.118. The number of benzene rings is 1. The molecule has 0 unspecified atom stereocenters. The van der Waals surface area contributed by atoms with Crippen molar-refractivity contribution in [1.29, 1.82) is 0 Å². The molecule has 1 aromatic heterocycles. The van der Waals surface area contributed by atoms with E-state index in [4.69, 9.17) is 10.5 Å². The number of nitrogens with one attached hydrogen (secondary N) is 1. The van der Waals surface area contributed by atoms with Crippen LogP contribution in [0.3, 0.4) is 0 Å². The topological polar surface area (TPSA) is 81.4 Å². The number of aryl methyl sites for hydroxylation is 3. The molecule has 2 aromatic rings. The van der Waals surface area contributed by atoms with E-state index < -0.39 is 5.91 Å². The molecule has 0 saturated heterocycles. The fraction of sp³-hybridized carbons (Fsp3) is 0.294. The van der Waals surface area contributed by atoms with Gasteiger partial charge >= 0.3 is 0 Å². The molecule has 1 heterocycles. The van der Waals surface area contributed by atoms with E-state index in [1.54, 1.807) is 0 Å². The molecule has 2 rings (SSSR count). The van der Waals surface area contributed by atoms with Gasteiger partial charge in [0, 0.05) is 4.88 Å². The van der Waals surface area contributed by atoms with Crippen LogP contribution in [0.5, 0.6) is 5.75 Å². The van der Waals surface area contributed by atoms with Crippen LogP contribution in [-0.4, -0.2) is 18.4 Å². The number of ether oxygens (including phenoxy) is 1. The molecule has 122 valence electrons. The van der Waals surface area contributed by atoms with Gasteiger partial charge in [-0.2, -0.15) is 0 Å². The second kappa shape index (κ2) is 6.83. The van der Waals surface area contributed by atoms with Gasteiger partial charge in [-0.15, -0.1) is 11.3 Å². The lowest BCUT2D eigenvalue weighted by atomic mass is 10.1. The van der Waals surface area contributed by atoms with Crippen LogP contribution >= 0.6 is 11.3 Å². The minimum Gasteiger partial charge on any atom is -0.483 e. The maximum absolute atomic E-state index is 12.1. The molecular formula is C17H20N2O3S. The molecule has 0 aliphatic heterocycles. The van der Waals surface area contributed by atoms with E-state index in [2.05, 4.69) is 5.32 Å². The van der Waals surface area contributed by atoms with E-state index in [0.29, 0.717) is 16.3 Å². The maximum atomic E-state index is 12.1. The highest BCUT2D eigenvalue weighted by Gasteiger charge is 2.19. The van der Waals surface area contributed by atoms with E-state index in [9.17, 15) is 9.59 Å². The van der Waals surface area contributed by atoms with E-state index in [1.807, 2.05) is 45.9 Å². The fourth-order valence-electron chi connectivity index (χ4n) is 2.18. The SMILES string of the molecule is Cc1ccc(C)c(OCC(=O)Nc2sc(C)c(C)c2C(N)=O)c1. The number of nitrogens with two attached hydrogens (primary N) is 1. The van der Waals surface area contributed by atoms with Crippen LogP contribution in [0.1, 0.15) is 31.9 Å². The third-order valence-corrected chi connectivity index (χ3v) is 4.71. The van der Waals surface area contributed by atoms with Gasteiger partial charge < -0.3 is 15.8 Å². The Labute approximate surface area is 139 Å². The fourth-order valence-corrected chi connectivity index (χ4v) is 3.26. The van der Waals surface area contributed by atoms with Crippen molar-refractivity contribution in [3.63, 3.8) is 0 Å². The molecule has 0 fully saturated rings. The van der Waals surface area contributed by atoms with E-state index >= 15 is 0 Å². The number of carbonyl (C=O) groups is 2.